The Balaban J connectivity index is 1.46. The third-order valence-corrected chi connectivity index (χ3v) is 7.58. The summed E-state index contributed by atoms with van der Waals surface area (Å²) >= 11 is 1.66. The Morgan fingerprint density at radius 2 is 1.93 bits per heavy atom. The second-order valence-corrected chi connectivity index (χ2v) is 9.86. The summed E-state index contributed by atoms with van der Waals surface area (Å²) in [5, 5.41) is 8.77. The SMILES string of the molecule is Cc1nn(CCNS(=O)(=O)c2ccc3c(c2)CCCC3)c(C)c1-c1ccsc1. The number of nitrogens with one attached hydrogen (secondary N) is 1. The van der Waals surface area contributed by atoms with Crippen molar-refractivity contribution in [1.82, 2.24) is 14.5 Å². The summed E-state index contributed by atoms with van der Waals surface area (Å²) in [4.78, 5) is 0.362. The molecule has 5 nitrogen and oxygen atoms in total. The molecule has 7 heteroatoms. The minimum atomic E-state index is -3.51. The molecule has 0 fully saturated rings. The molecule has 0 unspecified atom stereocenters. The van der Waals surface area contributed by atoms with Gasteiger partial charge in [0.05, 0.1) is 17.1 Å². The molecule has 28 heavy (non-hydrogen) atoms. The number of thiophene rings is 1. The minimum absolute atomic E-state index is 0.310. The van der Waals surface area contributed by atoms with E-state index >= 15 is 0 Å². The minimum Gasteiger partial charge on any atom is -0.268 e. The standard InChI is InChI=1S/C21H25N3O2S2/c1-15-21(19-9-12-27-14-19)16(2)24(23-15)11-10-22-28(25,26)20-8-7-17-5-3-4-6-18(17)13-20/h7-9,12-14,22H,3-6,10-11H2,1-2H3. The highest BCUT2D eigenvalue weighted by Gasteiger charge is 2.18. The van der Waals surface area contributed by atoms with Gasteiger partial charge in [0.25, 0.3) is 0 Å². The molecule has 0 bridgehead atoms. The van der Waals surface area contributed by atoms with E-state index in [1.807, 2.05) is 30.7 Å². The van der Waals surface area contributed by atoms with Crippen LogP contribution in [0.3, 0.4) is 0 Å². The van der Waals surface area contributed by atoms with Crippen LogP contribution in [0.1, 0.15) is 35.4 Å². The first kappa shape index (κ1) is 19.4. The van der Waals surface area contributed by atoms with Gasteiger partial charge in [-0.3, -0.25) is 4.68 Å². The highest BCUT2D eigenvalue weighted by Crippen LogP contribution is 2.28. The second-order valence-electron chi connectivity index (χ2n) is 7.32. The summed E-state index contributed by atoms with van der Waals surface area (Å²) in [6.45, 7) is 4.84. The number of rotatable bonds is 6. The van der Waals surface area contributed by atoms with Gasteiger partial charge in [-0.25, -0.2) is 13.1 Å². The van der Waals surface area contributed by atoms with Crippen molar-refractivity contribution in [3.05, 3.63) is 57.5 Å². The van der Waals surface area contributed by atoms with Crippen LogP contribution in [0.25, 0.3) is 11.1 Å². The van der Waals surface area contributed by atoms with Crippen molar-refractivity contribution in [3.63, 3.8) is 0 Å². The molecule has 148 valence electrons. The molecule has 0 aliphatic heterocycles. The normalized spacial score (nSPS) is 14.2. The lowest BCUT2D eigenvalue weighted by molar-refractivity contribution is 0.554. The lowest BCUT2D eigenvalue weighted by atomic mass is 9.92. The van der Waals surface area contributed by atoms with Crippen LogP contribution in [0.5, 0.6) is 0 Å². The van der Waals surface area contributed by atoms with Gasteiger partial charge in [0.1, 0.15) is 0 Å². The Morgan fingerprint density at radius 1 is 1.14 bits per heavy atom. The van der Waals surface area contributed by atoms with Crippen LogP contribution in [-0.4, -0.2) is 24.7 Å². The average Bonchev–Trinajstić information content (AvgIpc) is 3.29. The van der Waals surface area contributed by atoms with Gasteiger partial charge in [-0.15, -0.1) is 0 Å². The van der Waals surface area contributed by atoms with Crippen molar-refractivity contribution in [2.45, 2.75) is 51.0 Å². The van der Waals surface area contributed by atoms with E-state index in [1.165, 1.54) is 23.1 Å². The summed E-state index contributed by atoms with van der Waals surface area (Å²) in [6.07, 6.45) is 4.34. The third kappa shape index (κ3) is 3.79. The van der Waals surface area contributed by atoms with Crippen LogP contribution in [0.4, 0.5) is 0 Å². The molecule has 0 saturated heterocycles. The van der Waals surface area contributed by atoms with Crippen LogP contribution < -0.4 is 4.72 Å². The summed E-state index contributed by atoms with van der Waals surface area (Å²) in [6, 6.07) is 7.63. The molecule has 2 heterocycles. The molecule has 1 N–H and O–H groups in total. The molecule has 1 aliphatic carbocycles. The fourth-order valence-corrected chi connectivity index (χ4v) is 5.70. The topological polar surface area (TPSA) is 64.0 Å². The molecule has 3 aromatic rings. The molecule has 1 aliphatic rings. The van der Waals surface area contributed by atoms with Gasteiger partial charge in [0.15, 0.2) is 0 Å². The Labute approximate surface area is 170 Å². The van der Waals surface area contributed by atoms with Gasteiger partial charge < -0.3 is 0 Å². The molecule has 0 radical (unpaired) electrons. The molecule has 0 atom stereocenters. The molecule has 1 aromatic carbocycles. The smallest absolute Gasteiger partial charge is 0.240 e. The lowest BCUT2D eigenvalue weighted by Gasteiger charge is -2.17. The van der Waals surface area contributed by atoms with E-state index < -0.39 is 10.0 Å². The number of hydrogen-bond donors (Lipinski definition) is 1. The Bertz CT molecular complexity index is 1080. The Hall–Kier alpha value is -1.96. The summed E-state index contributed by atoms with van der Waals surface area (Å²) in [7, 11) is -3.51. The summed E-state index contributed by atoms with van der Waals surface area (Å²) < 4.78 is 30.0. The second kappa shape index (κ2) is 7.81. The molecule has 0 saturated carbocycles. The van der Waals surface area contributed by atoms with Gasteiger partial charge in [-0.05, 0) is 85.2 Å². The van der Waals surface area contributed by atoms with Gasteiger partial charge in [-0.1, -0.05) is 6.07 Å². The first-order chi connectivity index (χ1) is 13.5. The fourth-order valence-electron chi connectivity index (χ4n) is 3.99. The van der Waals surface area contributed by atoms with Gasteiger partial charge in [0, 0.05) is 17.8 Å². The van der Waals surface area contributed by atoms with Gasteiger partial charge in [-0.2, -0.15) is 16.4 Å². The van der Waals surface area contributed by atoms with Crippen molar-refractivity contribution in [2.24, 2.45) is 0 Å². The van der Waals surface area contributed by atoms with Crippen molar-refractivity contribution >= 4 is 21.4 Å². The number of aromatic nitrogens is 2. The number of fused-ring (bicyclic) bond motifs is 1. The zero-order valence-corrected chi connectivity index (χ0v) is 17.9. The predicted octanol–water partition coefficient (Wildman–Crippen LogP) is 4.09. The Kier molecular flexibility index (Phi) is 5.40. The van der Waals surface area contributed by atoms with E-state index in [9.17, 15) is 8.42 Å². The van der Waals surface area contributed by atoms with Crippen LogP contribution in [0.15, 0.2) is 39.9 Å². The van der Waals surface area contributed by atoms with E-state index in [0.717, 1.165) is 36.2 Å². The monoisotopic (exact) mass is 415 g/mol. The third-order valence-electron chi connectivity index (χ3n) is 5.44. The summed E-state index contributed by atoms with van der Waals surface area (Å²) in [5.74, 6) is 0. The first-order valence-electron chi connectivity index (χ1n) is 9.64. The van der Waals surface area contributed by atoms with Gasteiger partial charge >= 0.3 is 0 Å². The van der Waals surface area contributed by atoms with Crippen LogP contribution in [0.2, 0.25) is 0 Å². The fraction of sp³-hybridized carbons (Fsp3) is 0.381. The average molecular weight is 416 g/mol. The molecule has 4 rings (SSSR count). The van der Waals surface area contributed by atoms with Gasteiger partial charge in [0.2, 0.25) is 10.0 Å². The molecular weight excluding hydrogens is 390 g/mol. The van der Waals surface area contributed by atoms with E-state index in [4.69, 9.17) is 0 Å². The quantitative estimate of drug-likeness (QED) is 0.660. The maximum Gasteiger partial charge on any atom is 0.240 e. The molecule has 0 spiro atoms. The Morgan fingerprint density at radius 3 is 2.68 bits per heavy atom. The largest absolute Gasteiger partial charge is 0.268 e. The number of benzene rings is 1. The van der Waals surface area contributed by atoms with E-state index in [-0.39, 0.29) is 0 Å². The van der Waals surface area contributed by atoms with Crippen molar-refractivity contribution < 1.29 is 8.42 Å². The van der Waals surface area contributed by atoms with Crippen LogP contribution in [0, 0.1) is 13.8 Å². The zero-order valence-electron chi connectivity index (χ0n) is 16.2. The molecule has 0 amide bonds. The van der Waals surface area contributed by atoms with E-state index in [0.29, 0.717) is 18.0 Å². The maximum atomic E-state index is 12.7. The van der Waals surface area contributed by atoms with Crippen molar-refractivity contribution in [2.75, 3.05) is 6.54 Å². The highest BCUT2D eigenvalue weighted by molar-refractivity contribution is 7.89. The highest BCUT2D eigenvalue weighted by atomic mass is 32.2. The molecular formula is C21H25N3O2S2. The van der Waals surface area contributed by atoms with Crippen LogP contribution in [-0.2, 0) is 29.4 Å². The number of hydrogen-bond acceptors (Lipinski definition) is 4. The first-order valence-corrected chi connectivity index (χ1v) is 12.1. The lowest BCUT2D eigenvalue weighted by Crippen LogP contribution is -2.28. The van der Waals surface area contributed by atoms with Crippen molar-refractivity contribution in [1.29, 1.82) is 0 Å². The predicted molar refractivity (Wildman–Crippen MR) is 113 cm³/mol. The number of nitrogens with zero attached hydrogens (tertiary/aromatic N) is 2. The van der Waals surface area contributed by atoms with E-state index in [1.54, 1.807) is 17.4 Å². The van der Waals surface area contributed by atoms with E-state index in [2.05, 4.69) is 26.6 Å². The number of sulfonamides is 1. The van der Waals surface area contributed by atoms with Crippen molar-refractivity contribution in [3.8, 4) is 11.1 Å². The molecule has 2 aromatic heterocycles. The summed E-state index contributed by atoms with van der Waals surface area (Å²) in [5.41, 5.74) is 6.79. The maximum absolute atomic E-state index is 12.7. The zero-order chi connectivity index (χ0) is 19.7. The van der Waals surface area contributed by atoms with Crippen LogP contribution >= 0.6 is 11.3 Å². The number of aryl methyl sites for hydroxylation is 3.